The maximum atomic E-state index is 13.4. The van der Waals surface area contributed by atoms with E-state index in [0.29, 0.717) is 45.0 Å². The van der Waals surface area contributed by atoms with E-state index in [1.807, 2.05) is 30.3 Å². The fraction of sp³-hybridized carbons (Fsp3) is 0.393. The van der Waals surface area contributed by atoms with Crippen molar-refractivity contribution < 1.29 is 27.1 Å². The monoisotopic (exact) mass is 541 g/mol. The van der Waals surface area contributed by atoms with Crippen LogP contribution < -0.4 is 10.2 Å². The highest BCUT2D eigenvalue weighted by molar-refractivity contribution is 7.89. The molecule has 3 aromatic rings. The maximum absolute atomic E-state index is 13.4. The van der Waals surface area contributed by atoms with Crippen LogP contribution in [0.4, 0.5) is 15.8 Å². The molecule has 0 bridgehead atoms. The van der Waals surface area contributed by atoms with Gasteiger partial charge in [0.15, 0.2) is 0 Å². The highest BCUT2D eigenvalue weighted by atomic mass is 32.2. The first kappa shape index (κ1) is 26.6. The van der Waals surface area contributed by atoms with Crippen molar-refractivity contribution in [1.29, 1.82) is 0 Å². The summed E-state index contributed by atoms with van der Waals surface area (Å²) in [6, 6.07) is 14.7. The lowest BCUT2D eigenvalue weighted by atomic mass is 9.97. The van der Waals surface area contributed by atoms with Gasteiger partial charge in [-0.3, -0.25) is 4.79 Å². The van der Waals surface area contributed by atoms with Gasteiger partial charge in [-0.15, -0.1) is 0 Å². The number of sulfonamides is 1. The van der Waals surface area contributed by atoms with Gasteiger partial charge in [-0.2, -0.15) is 4.31 Å². The summed E-state index contributed by atoms with van der Waals surface area (Å²) in [6.07, 6.45) is 2.01. The number of halogens is 1. The SMILES string of the molecule is COCCCN1COCc2cccc3c(NC(=O)C4CCCN(S(=O)(=O)c5ccc(F)cc5)C4)ccc1c23. The van der Waals surface area contributed by atoms with E-state index in [-0.39, 0.29) is 17.3 Å². The van der Waals surface area contributed by atoms with Crippen molar-refractivity contribution in [2.24, 2.45) is 5.92 Å². The number of hydrogen-bond donors (Lipinski definition) is 1. The summed E-state index contributed by atoms with van der Waals surface area (Å²) in [5.74, 6) is -1.21. The Morgan fingerprint density at radius 1 is 1.16 bits per heavy atom. The van der Waals surface area contributed by atoms with Gasteiger partial charge in [-0.25, -0.2) is 12.8 Å². The Kier molecular flexibility index (Phi) is 7.94. The molecule has 0 saturated carbocycles. The Morgan fingerprint density at radius 2 is 1.97 bits per heavy atom. The van der Waals surface area contributed by atoms with Crippen molar-refractivity contribution in [2.45, 2.75) is 30.8 Å². The van der Waals surface area contributed by atoms with Crippen molar-refractivity contribution in [2.75, 3.05) is 50.3 Å². The van der Waals surface area contributed by atoms with E-state index in [2.05, 4.69) is 10.2 Å². The lowest BCUT2D eigenvalue weighted by Crippen LogP contribution is -2.43. The predicted molar refractivity (Wildman–Crippen MR) is 144 cm³/mol. The quantitative estimate of drug-likeness (QED) is 0.427. The Hall–Kier alpha value is -3.05. The second-order valence-corrected chi connectivity index (χ2v) is 11.6. The van der Waals surface area contributed by atoms with Gasteiger partial charge in [-0.1, -0.05) is 18.2 Å². The molecule has 1 atom stereocenters. The average molecular weight is 542 g/mol. The fourth-order valence-electron chi connectivity index (χ4n) is 5.24. The molecule has 1 fully saturated rings. The molecule has 10 heteroatoms. The van der Waals surface area contributed by atoms with Gasteiger partial charge in [0, 0.05) is 55.5 Å². The van der Waals surface area contributed by atoms with Gasteiger partial charge < -0.3 is 19.7 Å². The number of amides is 1. The van der Waals surface area contributed by atoms with Gasteiger partial charge in [0.1, 0.15) is 12.5 Å². The standard InChI is InChI=1S/C28H32FN3O5S/c1-36-16-4-14-31-19-37-18-21-5-2-7-24-25(12-13-26(31)27(21)24)30-28(33)20-6-3-15-32(17-20)38(34,35)23-10-8-22(29)9-11-23/h2,5,7-13,20H,3-4,6,14-19H2,1H3,(H,30,33). The first-order valence-corrected chi connectivity index (χ1v) is 14.3. The summed E-state index contributed by atoms with van der Waals surface area (Å²) in [4.78, 5) is 15.6. The van der Waals surface area contributed by atoms with Gasteiger partial charge in [0.25, 0.3) is 0 Å². The van der Waals surface area contributed by atoms with E-state index in [1.54, 1.807) is 7.11 Å². The third-order valence-electron chi connectivity index (χ3n) is 7.19. The fourth-order valence-corrected chi connectivity index (χ4v) is 6.76. The Bertz CT molecular complexity index is 1410. The molecule has 2 aliphatic heterocycles. The molecule has 2 aliphatic rings. The van der Waals surface area contributed by atoms with Crippen molar-refractivity contribution in [3.63, 3.8) is 0 Å². The molecule has 1 unspecified atom stereocenters. The molecule has 1 saturated heterocycles. The molecule has 0 spiro atoms. The van der Waals surface area contributed by atoms with Crippen molar-refractivity contribution in [3.8, 4) is 0 Å². The van der Waals surface area contributed by atoms with E-state index < -0.39 is 21.8 Å². The summed E-state index contributed by atoms with van der Waals surface area (Å²) in [5.41, 5.74) is 2.79. The van der Waals surface area contributed by atoms with Crippen LogP contribution in [0.25, 0.3) is 10.8 Å². The molecular weight excluding hydrogens is 509 g/mol. The number of nitrogens with zero attached hydrogens (tertiary/aromatic N) is 2. The maximum Gasteiger partial charge on any atom is 0.243 e. The van der Waals surface area contributed by atoms with Gasteiger partial charge in [-0.05, 0) is 61.2 Å². The largest absolute Gasteiger partial charge is 0.385 e. The second kappa shape index (κ2) is 11.4. The van der Waals surface area contributed by atoms with Crippen LogP contribution in [0.1, 0.15) is 24.8 Å². The van der Waals surface area contributed by atoms with Gasteiger partial charge in [0.05, 0.1) is 17.4 Å². The summed E-state index contributed by atoms with van der Waals surface area (Å²) in [7, 11) is -2.13. The predicted octanol–water partition coefficient (Wildman–Crippen LogP) is 4.35. The molecule has 2 heterocycles. The summed E-state index contributed by atoms with van der Waals surface area (Å²) < 4.78 is 52.0. The van der Waals surface area contributed by atoms with Crippen molar-refractivity contribution in [3.05, 3.63) is 66.0 Å². The molecule has 0 aliphatic carbocycles. The smallest absolute Gasteiger partial charge is 0.243 e. The first-order valence-electron chi connectivity index (χ1n) is 12.8. The molecule has 8 nitrogen and oxygen atoms in total. The number of ether oxygens (including phenoxy) is 2. The molecule has 3 aromatic carbocycles. The zero-order valence-corrected chi connectivity index (χ0v) is 22.2. The third-order valence-corrected chi connectivity index (χ3v) is 9.07. The number of carbonyl (C=O) groups excluding carboxylic acids is 1. The molecule has 38 heavy (non-hydrogen) atoms. The molecule has 5 rings (SSSR count). The van der Waals surface area contributed by atoms with Crippen LogP contribution >= 0.6 is 0 Å². The number of methoxy groups -OCH3 is 1. The molecule has 1 N–H and O–H groups in total. The lowest BCUT2D eigenvalue weighted by molar-refractivity contribution is -0.120. The highest BCUT2D eigenvalue weighted by Crippen LogP contribution is 2.37. The van der Waals surface area contributed by atoms with Crippen LogP contribution in [-0.4, -0.2) is 58.7 Å². The van der Waals surface area contributed by atoms with Gasteiger partial charge in [0.2, 0.25) is 15.9 Å². The van der Waals surface area contributed by atoms with Crippen LogP contribution in [0.15, 0.2) is 59.5 Å². The van der Waals surface area contributed by atoms with Crippen molar-refractivity contribution in [1.82, 2.24) is 4.31 Å². The molecule has 0 radical (unpaired) electrons. The minimum Gasteiger partial charge on any atom is -0.385 e. The van der Waals surface area contributed by atoms with Crippen LogP contribution in [0, 0.1) is 11.7 Å². The zero-order valence-electron chi connectivity index (χ0n) is 21.4. The third kappa shape index (κ3) is 5.40. The Morgan fingerprint density at radius 3 is 2.76 bits per heavy atom. The van der Waals surface area contributed by atoms with Crippen LogP contribution in [-0.2, 0) is 30.9 Å². The topological polar surface area (TPSA) is 88.2 Å². The van der Waals surface area contributed by atoms with E-state index in [4.69, 9.17) is 9.47 Å². The number of piperidine rings is 1. The van der Waals surface area contributed by atoms with Crippen LogP contribution in [0.5, 0.6) is 0 Å². The zero-order chi connectivity index (χ0) is 26.7. The molecule has 0 aromatic heterocycles. The Labute approximate surface area is 222 Å². The summed E-state index contributed by atoms with van der Waals surface area (Å²) in [6.45, 7) is 2.78. The summed E-state index contributed by atoms with van der Waals surface area (Å²) in [5, 5.41) is 5.04. The minimum atomic E-state index is -3.82. The number of hydrogen-bond acceptors (Lipinski definition) is 6. The average Bonchev–Trinajstić information content (AvgIpc) is 3.11. The number of anilines is 2. The number of rotatable bonds is 8. The lowest BCUT2D eigenvalue weighted by Gasteiger charge is -2.31. The van der Waals surface area contributed by atoms with E-state index >= 15 is 0 Å². The number of benzene rings is 3. The minimum absolute atomic E-state index is 0.0249. The Balaban J connectivity index is 1.37. The second-order valence-electron chi connectivity index (χ2n) is 9.70. The normalized spacial score (nSPS) is 18.4. The van der Waals surface area contributed by atoms with Crippen LogP contribution in [0.2, 0.25) is 0 Å². The summed E-state index contributed by atoms with van der Waals surface area (Å²) >= 11 is 0. The first-order chi connectivity index (χ1) is 18.4. The van der Waals surface area contributed by atoms with Crippen molar-refractivity contribution >= 4 is 38.1 Å². The number of nitrogens with one attached hydrogen (secondary N) is 1. The molecular formula is C28H32FN3O5S. The highest BCUT2D eigenvalue weighted by Gasteiger charge is 2.33. The van der Waals surface area contributed by atoms with E-state index in [9.17, 15) is 17.6 Å². The van der Waals surface area contributed by atoms with E-state index in [1.165, 1.54) is 16.4 Å². The van der Waals surface area contributed by atoms with E-state index in [0.717, 1.165) is 47.1 Å². The number of carbonyl (C=O) groups is 1. The molecule has 202 valence electrons. The van der Waals surface area contributed by atoms with Crippen LogP contribution in [0.3, 0.4) is 0 Å². The van der Waals surface area contributed by atoms with Gasteiger partial charge >= 0.3 is 0 Å². The molecule has 1 amide bonds.